The van der Waals surface area contributed by atoms with Gasteiger partial charge in [0.2, 0.25) is 12.7 Å². The maximum absolute atomic E-state index is 13.4. The summed E-state index contributed by atoms with van der Waals surface area (Å²) in [6, 6.07) is 28.6. The maximum Gasteiger partial charge on any atom is 0.272 e. The lowest BCUT2D eigenvalue weighted by molar-refractivity contribution is -0.116. The van der Waals surface area contributed by atoms with Gasteiger partial charge < -0.3 is 25.4 Å². The summed E-state index contributed by atoms with van der Waals surface area (Å²) in [6.45, 7) is 2.10. The highest BCUT2D eigenvalue weighted by molar-refractivity contribution is 9.10. The molecule has 0 radical (unpaired) electrons. The summed E-state index contributed by atoms with van der Waals surface area (Å²) in [4.78, 5) is 40.3. The van der Waals surface area contributed by atoms with Crippen LogP contribution in [-0.2, 0) is 9.59 Å². The fraction of sp³-hybridized carbons (Fsp3) is 0.121. The van der Waals surface area contributed by atoms with Gasteiger partial charge in [0.05, 0.1) is 5.25 Å². The van der Waals surface area contributed by atoms with Crippen LogP contribution in [0.1, 0.15) is 29.3 Å². The van der Waals surface area contributed by atoms with E-state index >= 15 is 0 Å². The highest BCUT2D eigenvalue weighted by atomic mass is 79.9. The maximum atomic E-state index is 13.4. The number of halogens is 1. The number of thioether (sulfide) groups is 1. The molecule has 8 nitrogen and oxygen atoms in total. The third-order valence-electron chi connectivity index (χ3n) is 6.38. The number of carbonyl (C=O) groups excluding carboxylic acids is 3. The first-order chi connectivity index (χ1) is 20.9. The van der Waals surface area contributed by atoms with Crippen LogP contribution in [-0.4, -0.2) is 29.8 Å². The summed E-state index contributed by atoms with van der Waals surface area (Å²) >= 11 is 4.81. The number of amides is 3. The molecule has 5 rings (SSSR count). The molecule has 1 atom stereocenters. The molecule has 0 saturated heterocycles. The number of hydrogen-bond donors (Lipinski definition) is 3. The number of benzene rings is 4. The molecule has 0 aromatic heterocycles. The van der Waals surface area contributed by atoms with Crippen molar-refractivity contribution in [2.75, 3.05) is 17.4 Å². The molecule has 218 valence electrons. The summed E-state index contributed by atoms with van der Waals surface area (Å²) in [7, 11) is 0. The third kappa shape index (κ3) is 8.06. The molecule has 3 amide bonds. The van der Waals surface area contributed by atoms with Crippen LogP contribution in [0.5, 0.6) is 11.5 Å². The van der Waals surface area contributed by atoms with Crippen molar-refractivity contribution in [1.29, 1.82) is 0 Å². The lowest BCUT2D eigenvalue weighted by Gasteiger charge is -2.16. The third-order valence-corrected chi connectivity index (χ3v) is 8.27. The van der Waals surface area contributed by atoms with Crippen LogP contribution in [0.15, 0.2) is 112 Å². The molecule has 10 heteroatoms. The van der Waals surface area contributed by atoms with Gasteiger partial charge in [0.15, 0.2) is 11.5 Å². The van der Waals surface area contributed by atoms with Gasteiger partial charge in [0, 0.05) is 32.4 Å². The minimum absolute atomic E-state index is 0.0868. The molecule has 3 N–H and O–H groups in total. The second-order valence-corrected chi connectivity index (χ2v) is 11.7. The van der Waals surface area contributed by atoms with E-state index in [1.165, 1.54) is 11.8 Å². The second kappa shape index (κ2) is 14.1. The van der Waals surface area contributed by atoms with Crippen LogP contribution in [0.2, 0.25) is 0 Å². The zero-order valence-electron chi connectivity index (χ0n) is 23.1. The largest absolute Gasteiger partial charge is 0.454 e. The van der Waals surface area contributed by atoms with Crippen molar-refractivity contribution in [2.45, 2.75) is 23.5 Å². The first-order valence-electron chi connectivity index (χ1n) is 13.5. The van der Waals surface area contributed by atoms with Crippen LogP contribution in [0, 0.1) is 0 Å². The Balaban J connectivity index is 1.29. The molecule has 0 spiro atoms. The minimum Gasteiger partial charge on any atom is -0.454 e. The summed E-state index contributed by atoms with van der Waals surface area (Å²) in [5.74, 6) is 0.206. The topological polar surface area (TPSA) is 106 Å². The number of nitrogens with one attached hydrogen (secondary N) is 3. The van der Waals surface area contributed by atoms with Crippen molar-refractivity contribution in [3.05, 3.63) is 118 Å². The van der Waals surface area contributed by atoms with Crippen molar-refractivity contribution in [3.8, 4) is 11.5 Å². The Bertz CT molecular complexity index is 1660. The van der Waals surface area contributed by atoms with Crippen LogP contribution >= 0.6 is 27.7 Å². The Labute approximate surface area is 262 Å². The molecule has 1 aliphatic heterocycles. The zero-order chi connectivity index (χ0) is 30.2. The van der Waals surface area contributed by atoms with E-state index in [1.807, 2.05) is 43.3 Å². The van der Waals surface area contributed by atoms with E-state index in [0.29, 0.717) is 34.9 Å². The lowest BCUT2D eigenvalue weighted by Crippen LogP contribution is -2.30. The molecule has 1 aliphatic rings. The van der Waals surface area contributed by atoms with Gasteiger partial charge in [-0.25, -0.2) is 0 Å². The average Bonchev–Trinajstić information content (AvgIpc) is 3.49. The zero-order valence-corrected chi connectivity index (χ0v) is 25.5. The van der Waals surface area contributed by atoms with Crippen LogP contribution in [0.3, 0.4) is 0 Å². The summed E-state index contributed by atoms with van der Waals surface area (Å²) in [5.41, 5.74) is 2.41. The van der Waals surface area contributed by atoms with Crippen molar-refractivity contribution in [1.82, 2.24) is 5.32 Å². The first kappa shape index (κ1) is 29.9. The standard InChI is InChI=1S/C33H28BrN3O5S/c1-2-30(33(40)36-25-15-16-28-29(19-25)42-20-41-28)43-26-10-6-9-24(18-26)35-32(39)27(17-21-11-13-23(34)14-12-21)37-31(38)22-7-4-3-5-8-22/h3-19,30H,2,20H2,1H3,(H,35,39)(H,36,40)(H,37,38)/b27-17-. The molecule has 0 bridgehead atoms. The predicted molar refractivity (Wildman–Crippen MR) is 172 cm³/mol. The second-order valence-electron chi connectivity index (χ2n) is 9.48. The van der Waals surface area contributed by atoms with Crippen molar-refractivity contribution in [3.63, 3.8) is 0 Å². The SMILES string of the molecule is CCC(Sc1cccc(NC(=O)/C(=C/c2ccc(Br)cc2)NC(=O)c2ccccc2)c1)C(=O)Nc1ccc2c(c1)OCO2. The van der Waals surface area contributed by atoms with E-state index in [-0.39, 0.29) is 23.6 Å². The molecule has 1 heterocycles. The van der Waals surface area contributed by atoms with Gasteiger partial charge in [0.25, 0.3) is 11.8 Å². The molecule has 0 saturated carbocycles. The highest BCUT2D eigenvalue weighted by Gasteiger charge is 2.21. The number of anilines is 2. The lowest BCUT2D eigenvalue weighted by atomic mass is 10.1. The molecule has 0 fully saturated rings. The van der Waals surface area contributed by atoms with Crippen LogP contribution in [0.25, 0.3) is 6.08 Å². The van der Waals surface area contributed by atoms with E-state index in [4.69, 9.17) is 9.47 Å². The predicted octanol–water partition coefficient (Wildman–Crippen LogP) is 7.10. The fourth-order valence-electron chi connectivity index (χ4n) is 4.20. The van der Waals surface area contributed by atoms with Gasteiger partial charge >= 0.3 is 0 Å². The van der Waals surface area contributed by atoms with E-state index in [2.05, 4.69) is 31.9 Å². The number of rotatable bonds is 10. The molecular formula is C33H28BrN3O5S. The molecule has 0 aliphatic carbocycles. The number of hydrogen-bond acceptors (Lipinski definition) is 6. The van der Waals surface area contributed by atoms with Gasteiger partial charge in [0.1, 0.15) is 5.70 Å². The molecule has 4 aromatic rings. The van der Waals surface area contributed by atoms with Gasteiger partial charge in [-0.1, -0.05) is 59.3 Å². The fourth-order valence-corrected chi connectivity index (χ4v) is 5.47. The minimum atomic E-state index is -0.484. The Morgan fingerprint density at radius 2 is 1.60 bits per heavy atom. The summed E-state index contributed by atoms with van der Waals surface area (Å²) in [6.07, 6.45) is 2.21. The van der Waals surface area contributed by atoms with Gasteiger partial charge in [-0.15, -0.1) is 11.8 Å². The molecule has 43 heavy (non-hydrogen) atoms. The van der Waals surface area contributed by atoms with Gasteiger partial charge in [-0.05, 0) is 72.7 Å². The average molecular weight is 659 g/mol. The Morgan fingerprint density at radius 1 is 0.860 bits per heavy atom. The molecule has 4 aromatic carbocycles. The van der Waals surface area contributed by atoms with Crippen molar-refractivity contribution < 1.29 is 23.9 Å². The molecular weight excluding hydrogens is 630 g/mol. The van der Waals surface area contributed by atoms with E-state index < -0.39 is 11.8 Å². The highest BCUT2D eigenvalue weighted by Crippen LogP contribution is 2.35. The Hall–Kier alpha value is -4.54. The molecule has 1 unspecified atom stereocenters. The van der Waals surface area contributed by atoms with E-state index in [0.717, 1.165) is 14.9 Å². The smallest absolute Gasteiger partial charge is 0.272 e. The number of carbonyl (C=O) groups is 3. The van der Waals surface area contributed by atoms with Crippen molar-refractivity contribution in [2.24, 2.45) is 0 Å². The first-order valence-corrected chi connectivity index (χ1v) is 15.2. The Kier molecular flexibility index (Phi) is 9.81. The van der Waals surface area contributed by atoms with E-state index in [9.17, 15) is 14.4 Å². The van der Waals surface area contributed by atoms with E-state index in [1.54, 1.807) is 66.7 Å². The number of fused-ring (bicyclic) bond motifs is 1. The summed E-state index contributed by atoms with van der Waals surface area (Å²) in [5, 5.41) is 8.20. The monoisotopic (exact) mass is 657 g/mol. The Morgan fingerprint density at radius 3 is 2.37 bits per heavy atom. The van der Waals surface area contributed by atoms with Gasteiger partial charge in [-0.3, -0.25) is 14.4 Å². The van der Waals surface area contributed by atoms with Crippen LogP contribution < -0.4 is 25.4 Å². The summed E-state index contributed by atoms with van der Waals surface area (Å²) < 4.78 is 11.6. The number of ether oxygens (including phenoxy) is 2. The van der Waals surface area contributed by atoms with Crippen molar-refractivity contribution >= 4 is 62.9 Å². The quantitative estimate of drug-likeness (QED) is 0.124. The van der Waals surface area contributed by atoms with Gasteiger partial charge in [-0.2, -0.15) is 0 Å². The van der Waals surface area contributed by atoms with Crippen LogP contribution in [0.4, 0.5) is 11.4 Å². The normalized spacial score (nSPS) is 12.7.